The summed E-state index contributed by atoms with van der Waals surface area (Å²) >= 11 is 0. The van der Waals surface area contributed by atoms with E-state index in [0.717, 1.165) is 17.7 Å². The number of carbonyl (C=O) groups is 2. The molecule has 0 amide bonds. The molecule has 0 saturated heterocycles. The molecular weight excluding hydrogens is 290 g/mol. The standard InChI is InChI=1S/C17H14F2O3/c1-11-2-5-13(6-3-11)22-17(21)9-8-16(20)14-7-4-12(18)10-15(14)19/h2-7,10H,8-9H2,1H3. The zero-order chi connectivity index (χ0) is 16.1. The zero-order valence-electron chi connectivity index (χ0n) is 11.9. The van der Waals surface area contributed by atoms with Crippen molar-refractivity contribution in [3.05, 3.63) is 65.2 Å². The molecule has 0 aliphatic rings. The first-order valence-electron chi connectivity index (χ1n) is 6.71. The number of rotatable bonds is 5. The Hall–Kier alpha value is -2.56. The number of ketones is 1. The zero-order valence-corrected chi connectivity index (χ0v) is 11.9. The third-order valence-corrected chi connectivity index (χ3v) is 3.04. The summed E-state index contributed by atoms with van der Waals surface area (Å²) in [6.45, 7) is 1.90. The Bertz CT molecular complexity index is 694. The van der Waals surface area contributed by atoms with Crippen molar-refractivity contribution < 1.29 is 23.1 Å². The molecule has 0 radical (unpaired) electrons. The Morgan fingerprint density at radius 1 is 1.00 bits per heavy atom. The number of ether oxygens (including phenoxy) is 1. The summed E-state index contributed by atoms with van der Waals surface area (Å²) in [5, 5.41) is 0. The Morgan fingerprint density at radius 2 is 1.68 bits per heavy atom. The lowest BCUT2D eigenvalue weighted by Gasteiger charge is -2.05. The average Bonchev–Trinajstić information content (AvgIpc) is 2.47. The van der Waals surface area contributed by atoms with Crippen LogP contribution in [0.3, 0.4) is 0 Å². The topological polar surface area (TPSA) is 43.4 Å². The molecule has 0 aliphatic heterocycles. The average molecular weight is 304 g/mol. The highest BCUT2D eigenvalue weighted by molar-refractivity contribution is 5.97. The van der Waals surface area contributed by atoms with Crippen molar-refractivity contribution >= 4 is 11.8 Å². The molecule has 0 unspecified atom stereocenters. The van der Waals surface area contributed by atoms with Gasteiger partial charge < -0.3 is 4.74 Å². The third kappa shape index (κ3) is 4.22. The smallest absolute Gasteiger partial charge is 0.311 e. The summed E-state index contributed by atoms with van der Waals surface area (Å²) in [7, 11) is 0. The van der Waals surface area contributed by atoms with E-state index >= 15 is 0 Å². The minimum atomic E-state index is -0.933. The lowest BCUT2D eigenvalue weighted by molar-refractivity contribution is -0.134. The van der Waals surface area contributed by atoms with Gasteiger partial charge >= 0.3 is 5.97 Å². The van der Waals surface area contributed by atoms with Gasteiger partial charge in [0.2, 0.25) is 0 Å². The molecule has 0 saturated carbocycles. The van der Waals surface area contributed by atoms with Gasteiger partial charge in [0, 0.05) is 12.5 Å². The highest BCUT2D eigenvalue weighted by atomic mass is 19.1. The molecule has 0 bridgehead atoms. The molecule has 22 heavy (non-hydrogen) atoms. The number of carbonyl (C=O) groups excluding carboxylic acids is 2. The van der Waals surface area contributed by atoms with Gasteiger partial charge in [-0.25, -0.2) is 8.78 Å². The van der Waals surface area contributed by atoms with E-state index in [1.165, 1.54) is 0 Å². The van der Waals surface area contributed by atoms with Gasteiger partial charge in [0.1, 0.15) is 17.4 Å². The van der Waals surface area contributed by atoms with Crippen molar-refractivity contribution in [1.29, 1.82) is 0 Å². The van der Waals surface area contributed by atoms with Gasteiger partial charge in [0.25, 0.3) is 0 Å². The Balaban J connectivity index is 1.90. The van der Waals surface area contributed by atoms with Crippen LogP contribution in [0.25, 0.3) is 0 Å². The molecule has 0 N–H and O–H groups in total. The maximum atomic E-state index is 13.4. The fraction of sp³-hybridized carbons (Fsp3) is 0.176. The largest absolute Gasteiger partial charge is 0.427 e. The molecule has 0 fully saturated rings. The van der Waals surface area contributed by atoms with Crippen molar-refractivity contribution in [2.24, 2.45) is 0 Å². The fourth-order valence-electron chi connectivity index (χ4n) is 1.85. The summed E-state index contributed by atoms with van der Waals surface area (Å²) in [6.07, 6.45) is -0.378. The molecule has 0 atom stereocenters. The molecule has 114 valence electrons. The molecular formula is C17H14F2O3. The van der Waals surface area contributed by atoms with Crippen LogP contribution >= 0.6 is 0 Å². The second-order valence-corrected chi connectivity index (χ2v) is 4.83. The highest BCUT2D eigenvalue weighted by Gasteiger charge is 2.15. The molecule has 2 rings (SSSR count). The van der Waals surface area contributed by atoms with Gasteiger partial charge in [0.15, 0.2) is 5.78 Å². The van der Waals surface area contributed by atoms with Crippen LogP contribution in [0.4, 0.5) is 8.78 Å². The molecule has 0 spiro atoms. The van der Waals surface area contributed by atoms with Gasteiger partial charge in [-0.3, -0.25) is 9.59 Å². The second kappa shape index (κ2) is 6.93. The third-order valence-electron chi connectivity index (χ3n) is 3.04. The van der Waals surface area contributed by atoms with Crippen LogP contribution in [0.2, 0.25) is 0 Å². The Kier molecular flexibility index (Phi) is 4.99. The van der Waals surface area contributed by atoms with E-state index < -0.39 is 23.4 Å². The van der Waals surface area contributed by atoms with Crippen LogP contribution < -0.4 is 4.74 Å². The van der Waals surface area contributed by atoms with Crippen molar-refractivity contribution in [2.75, 3.05) is 0 Å². The van der Waals surface area contributed by atoms with Crippen molar-refractivity contribution in [3.8, 4) is 5.75 Å². The molecule has 2 aromatic rings. The quantitative estimate of drug-likeness (QED) is 0.479. The summed E-state index contributed by atoms with van der Waals surface area (Å²) in [4.78, 5) is 23.5. The van der Waals surface area contributed by atoms with Gasteiger partial charge in [-0.05, 0) is 31.2 Å². The van der Waals surface area contributed by atoms with Gasteiger partial charge in [0.05, 0.1) is 12.0 Å². The van der Waals surface area contributed by atoms with Crippen LogP contribution in [0.15, 0.2) is 42.5 Å². The monoisotopic (exact) mass is 304 g/mol. The molecule has 3 nitrogen and oxygen atoms in total. The van der Waals surface area contributed by atoms with E-state index in [9.17, 15) is 18.4 Å². The number of aryl methyl sites for hydroxylation is 1. The first-order valence-corrected chi connectivity index (χ1v) is 6.71. The summed E-state index contributed by atoms with van der Waals surface area (Å²) in [5.74, 6) is -2.46. The number of esters is 1. The minimum absolute atomic E-state index is 0.177. The number of hydrogen-bond acceptors (Lipinski definition) is 3. The maximum absolute atomic E-state index is 13.4. The number of halogens is 2. The van der Waals surface area contributed by atoms with E-state index in [1.807, 2.05) is 6.92 Å². The van der Waals surface area contributed by atoms with Crippen LogP contribution in [0.5, 0.6) is 5.75 Å². The predicted molar refractivity (Wildman–Crippen MR) is 76.7 cm³/mol. The van der Waals surface area contributed by atoms with Gasteiger partial charge in [-0.2, -0.15) is 0 Å². The first-order chi connectivity index (χ1) is 10.5. The van der Waals surface area contributed by atoms with Gasteiger partial charge in [-0.15, -0.1) is 0 Å². The molecule has 2 aromatic carbocycles. The van der Waals surface area contributed by atoms with Crippen LogP contribution in [-0.4, -0.2) is 11.8 Å². The molecule has 0 aromatic heterocycles. The Morgan fingerprint density at radius 3 is 2.32 bits per heavy atom. The van der Waals surface area contributed by atoms with E-state index in [2.05, 4.69) is 0 Å². The molecule has 0 heterocycles. The van der Waals surface area contributed by atoms with Crippen LogP contribution in [-0.2, 0) is 4.79 Å². The summed E-state index contributed by atoms with van der Waals surface area (Å²) in [6, 6.07) is 9.59. The van der Waals surface area contributed by atoms with Crippen molar-refractivity contribution in [2.45, 2.75) is 19.8 Å². The summed E-state index contributed by atoms with van der Waals surface area (Å²) in [5.41, 5.74) is 0.797. The maximum Gasteiger partial charge on any atom is 0.311 e. The first kappa shape index (κ1) is 15.8. The molecule has 0 aliphatic carbocycles. The lowest BCUT2D eigenvalue weighted by Crippen LogP contribution is -2.11. The molecule has 5 heteroatoms. The van der Waals surface area contributed by atoms with Gasteiger partial charge in [-0.1, -0.05) is 17.7 Å². The Labute approximate surface area is 126 Å². The van der Waals surface area contributed by atoms with Crippen molar-refractivity contribution in [1.82, 2.24) is 0 Å². The van der Waals surface area contributed by atoms with E-state index in [-0.39, 0.29) is 18.4 Å². The van der Waals surface area contributed by atoms with Crippen molar-refractivity contribution in [3.63, 3.8) is 0 Å². The van der Waals surface area contributed by atoms with E-state index in [4.69, 9.17) is 4.74 Å². The fourth-order valence-corrected chi connectivity index (χ4v) is 1.85. The number of Topliss-reactive ketones (excluding diaryl/α,β-unsaturated/α-hetero) is 1. The van der Waals surface area contributed by atoms with E-state index in [1.54, 1.807) is 24.3 Å². The SMILES string of the molecule is Cc1ccc(OC(=O)CCC(=O)c2ccc(F)cc2F)cc1. The van der Waals surface area contributed by atoms with Crippen LogP contribution in [0.1, 0.15) is 28.8 Å². The highest BCUT2D eigenvalue weighted by Crippen LogP contribution is 2.15. The van der Waals surface area contributed by atoms with Crippen LogP contribution in [0, 0.1) is 18.6 Å². The second-order valence-electron chi connectivity index (χ2n) is 4.83. The lowest BCUT2D eigenvalue weighted by atomic mass is 10.1. The number of benzene rings is 2. The van der Waals surface area contributed by atoms with E-state index in [0.29, 0.717) is 11.8 Å². The number of hydrogen-bond donors (Lipinski definition) is 0. The predicted octanol–water partition coefficient (Wildman–Crippen LogP) is 3.84. The summed E-state index contributed by atoms with van der Waals surface area (Å²) < 4.78 is 31.3. The minimum Gasteiger partial charge on any atom is -0.427 e. The normalized spacial score (nSPS) is 10.3.